The Morgan fingerprint density at radius 2 is 2.15 bits per heavy atom. The number of carbonyl (C=O) groups is 2. The lowest BCUT2D eigenvalue weighted by molar-refractivity contribution is -0.155. The van der Waals surface area contributed by atoms with E-state index in [0.29, 0.717) is 19.4 Å². The van der Waals surface area contributed by atoms with Gasteiger partial charge in [-0.15, -0.1) is 0 Å². The number of rotatable bonds is 5. The summed E-state index contributed by atoms with van der Waals surface area (Å²) in [6.07, 6.45) is 2.20. The second-order valence-corrected chi connectivity index (χ2v) is 6.32. The molecule has 2 rings (SSSR count). The molecule has 1 aromatic rings. The van der Waals surface area contributed by atoms with E-state index in [-0.39, 0.29) is 17.9 Å². The minimum absolute atomic E-state index is 0.0222. The summed E-state index contributed by atoms with van der Waals surface area (Å²) in [5.74, 6) is 0.00952. The average molecular weight is 294 g/mol. The van der Waals surface area contributed by atoms with E-state index in [1.54, 1.807) is 16.2 Å². The number of hydrogen-bond donors (Lipinski definition) is 1. The van der Waals surface area contributed by atoms with Crippen molar-refractivity contribution in [1.82, 2.24) is 10.2 Å². The highest BCUT2D eigenvalue weighted by atomic mass is 32.1. The summed E-state index contributed by atoms with van der Waals surface area (Å²) in [4.78, 5) is 26.8. The lowest BCUT2D eigenvalue weighted by atomic mass is 9.90. The van der Waals surface area contributed by atoms with Gasteiger partial charge >= 0.3 is 0 Å². The predicted molar refractivity (Wildman–Crippen MR) is 80.4 cm³/mol. The van der Waals surface area contributed by atoms with E-state index in [1.807, 2.05) is 37.6 Å². The molecule has 4 nitrogen and oxygen atoms in total. The Labute approximate surface area is 124 Å². The molecule has 1 N–H and O–H groups in total. The fourth-order valence-corrected chi connectivity index (χ4v) is 3.23. The highest BCUT2D eigenvalue weighted by Crippen LogP contribution is 2.25. The maximum absolute atomic E-state index is 12.7. The zero-order chi connectivity index (χ0) is 14.8. The van der Waals surface area contributed by atoms with Crippen LogP contribution in [0.5, 0.6) is 0 Å². The maximum atomic E-state index is 12.7. The molecular weight excluding hydrogens is 272 g/mol. The molecule has 0 bridgehead atoms. The normalized spacial score (nSPS) is 26.8. The topological polar surface area (TPSA) is 49.4 Å². The minimum atomic E-state index is -0.767. The van der Waals surface area contributed by atoms with Crippen molar-refractivity contribution in [1.29, 1.82) is 0 Å². The standard InChI is InChI=1S/C15H22N2O2S/c1-4-6-12-13(18)16-15(3,5-2)14(19)17(12)9-11-7-8-20-10-11/h7-8,10,12H,4-6,9H2,1-3H3,(H,16,18). The van der Waals surface area contributed by atoms with E-state index < -0.39 is 5.54 Å². The lowest BCUT2D eigenvalue weighted by Crippen LogP contribution is -2.68. The van der Waals surface area contributed by atoms with Crippen LogP contribution in [0.1, 0.15) is 45.6 Å². The third-order valence-corrected chi connectivity index (χ3v) is 4.75. The molecule has 0 radical (unpaired) electrons. The summed E-state index contributed by atoms with van der Waals surface area (Å²) < 4.78 is 0. The van der Waals surface area contributed by atoms with Crippen molar-refractivity contribution in [3.8, 4) is 0 Å². The third-order valence-electron chi connectivity index (χ3n) is 4.01. The largest absolute Gasteiger partial charge is 0.340 e. The third kappa shape index (κ3) is 2.73. The van der Waals surface area contributed by atoms with Gasteiger partial charge in [-0.25, -0.2) is 0 Å². The van der Waals surface area contributed by atoms with Gasteiger partial charge in [0.05, 0.1) is 0 Å². The Balaban J connectivity index is 2.28. The monoisotopic (exact) mass is 294 g/mol. The molecule has 5 heteroatoms. The number of nitrogens with one attached hydrogen (secondary N) is 1. The van der Waals surface area contributed by atoms with Gasteiger partial charge in [-0.2, -0.15) is 11.3 Å². The predicted octanol–water partition coefficient (Wildman–Crippen LogP) is 2.54. The van der Waals surface area contributed by atoms with Gasteiger partial charge in [0.2, 0.25) is 11.8 Å². The first-order valence-corrected chi connectivity index (χ1v) is 8.10. The van der Waals surface area contributed by atoms with Crippen LogP contribution in [0.4, 0.5) is 0 Å². The molecule has 110 valence electrons. The Hall–Kier alpha value is -1.36. The van der Waals surface area contributed by atoms with Crippen molar-refractivity contribution in [2.24, 2.45) is 0 Å². The van der Waals surface area contributed by atoms with E-state index in [1.165, 1.54) is 0 Å². The number of amides is 2. The fraction of sp³-hybridized carbons (Fsp3) is 0.600. The highest BCUT2D eigenvalue weighted by Gasteiger charge is 2.46. The second kappa shape index (κ2) is 5.95. The smallest absolute Gasteiger partial charge is 0.249 e. The second-order valence-electron chi connectivity index (χ2n) is 5.54. The number of carbonyl (C=O) groups excluding carboxylic acids is 2. The molecule has 0 saturated carbocycles. The van der Waals surface area contributed by atoms with Crippen LogP contribution in [0.3, 0.4) is 0 Å². The van der Waals surface area contributed by atoms with Crippen molar-refractivity contribution in [3.05, 3.63) is 22.4 Å². The minimum Gasteiger partial charge on any atom is -0.340 e. The van der Waals surface area contributed by atoms with E-state index in [0.717, 1.165) is 12.0 Å². The van der Waals surface area contributed by atoms with Gasteiger partial charge in [0.1, 0.15) is 11.6 Å². The summed E-state index contributed by atoms with van der Waals surface area (Å²) >= 11 is 1.61. The van der Waals surface area contributed by atoms with Gasteiger partial charge in [-0.1, -0.05) is 20.3 Å². The molecule has 1 aliphatic heterocycles. The van der Waals surface area contributed by atoms with Crippen molar-refractivity contribution >= 4 is 23.2 Å². The van der Waals surface area contributed by atoms with Gasteiger partial charge in [-0.3, -0.25) is 9.59 Å². The molecule has 1 fully saturated rings. The molecule has 20 heavy (non-hydrogen) atoms. The molecule has 2 unspecified atom stereocenters. The molecule has 1 aliphatic rings. The van der Waals surface area contributed by atoms with Gasteiger partial charge in [0.15, 0.2) is 0 Å². The molecule has 1 saturated heterocycles. The number of piperazine rings is 1. The van der Waals surface area contributed by atoms with Crippen LogP contribution in [0.15, 0.2) is 16.8 Å². The van der Waals surface area contributed by atoms with Gasteiger partial charge < -0.3 is 10.2 Å². The van der Waals surface area contributed by atoms with Crippen LogP contribution in [0.25, 0.3) is 0 Å². The fourth-order valence-electron chi connectivity index (χ4n) is 2.57. The molecule has 2 heterocycles. The number of thiophene rings is 1. The Morgan fingerprint density at radius 1 is 1.40 bits per heavy atom. The van der Waals surface area contributed by atoms with E-state index in [9.17, 15) is 9.59 Å². The summed E-state index contributed by atoms with van der Waals surface area (Å²) in [6.45, 7) is 6.31. The van der Waals surface area contributed by atoms with Crippen LogP contribution in [0, 0.1) is 0 Å². The van der Waals surface area contributed by atoms with Crippen LogP contribution in [0.2, 0.25) is 0 Å². The van der Waals surface area contributed by atoms with E-state index >= 15 is 0 Å². The van der Waals surface area contributed by atoms with Crippen LogP contribution < -0.4 is 5.32 Å². The van der Waals surface area contributed by atoms with Gasteiger partial charge in [0, 0.05) is 6.54 Å². The van der Waals surface area contributed by atoms with Crippen LogP contribution in [-0.2, 0) is 16.1 Å². The quantitative estimate of drug-likeness (QED) is 0.907. The summed E-state index contributed by atoms with van der Waals surface area (Å²) in [7, 11) is 0. The molecule has 0 spiro atoms. The Morgan fingerprint density at radius 3 is 2.70 bits per heavy atom. The first-order valence-electron chi connectivity index (χ1n) is 7.16. The molecule has 0 aliphatic carbocycles. The number of hydrogen-bond acceptors (Lipinski definition) is 3. The first-order chi connectivity index (χ1) is 9.51. The van der Waals surface area contributed by atoms with Crippen molar-refractivity contribution in [3.63, 3.8) is 0 Å². The lowest BCUT2D eigenvalue weighted by Gasteiger charge is -2.44. The molecule has 1 aromatic heterocycles. The zero-order valence-electron chi connectivity index (χ0n) is 12.3. The van der Waals surface area contributed by atoms with Crippen molar-refractivity contribution in [2.45, 2.75) is 58.2 Å². The molecular formula is C15H22N2O2S. The Bertz CT molecular complexity index is 486. The van der Waals surface area contributed by atoms with E-state index in [2.05, 4.69) is 5.32 Å². The Kier molecular flexibility index (Phi) is 4.48. The van der Waals surface area contributed by atoms with Crippen molar-refractivity contribution < 1.29 is 9.59 Å². The summed E-state index contributed by atoms with van der Waals surface area (Å²) in [5, 5.41) is 6.94. The first kappa shape index (κ1) is 15.0. The number of nitrogens with zero attached hydrogens (tertiary/aromatic N) is 1. The van der Waals surface area contributed by atoms with Crippen molar-refractivity contribution in [2.75, 3.05) is 0 Å². The maximum Gasteiger partial charge on any atom is 0.249 e. The van der Waals surface area contributed by atoms with E-state index in [4.69, 9.17) is 0 Å². The molecule has 0 aromatic carbocycles. The summed E-state index contributed by atoms with van der Waals surface area (Å²) in [5.41, 5.74) is 0.328. The van der Waals surface area contributed by atoms with Crippen LogP contribution in [-0.4, -0.2) is 28.3 Å². The average Bonchev–Trinajstić information content (AvgIpc) is 2.93. The molecule has 2 atom stereocenters. The van der Waals surface area contributed by atoms with Crippen LogP contribution >= 0.6 is 11.3 Å². The molecule has 2 amide bonds. The summed E-state index contributed by atoms with van der Waals surface area (Å²) in [6, 6.07) is 1.67. The SMILES string of the molecule is CCCC1C(=O)NC(C)(CC)C(=O)N1Cc1ccsc1. The zero-order valence-corrected chi connectivity index (χ0v) is 13.1. The highest BCUT2D eigenvalue weighted by molar-refractivity contribution is 7.07. The van der Waals surface area contributed by atoms with Gasteiger partial charge in [-0.05, 0) is 42.2 Å². The van der Waals surface area contributed by atoms with Gasteiger partial charge in [0.25, 0.3) is 0 Å².